The van der Waals surface area contributed by atoms with Crippen LogP contribution in [-0.4, -0.2) is 17.5 Å². The first-order chi connectivity index (χ1) is 8.74. The van der Waals surface area contributed by atoms with E-state index in [-0.39, 0.29) is 12.5 Å². The molecular weight excluding hydrogens is 250 g/mol. The van der Waals surface area contributed by atoms with Gasteiger partial charge < -0.3 is 10.5 Å². The minimum Gasteiger partial charge on any atom is -0.482 e. The molecule has 3 rings (SSSR count). The molecule has 0 aliphatic carbocycles. The number of fused-ring (bicyclic) bond motifs is 1. The fraction of sp³-hybridized carbons (Fsp3) is 0.167. The summed E-state index contributed by atoms with van der Waals surface area (Å²) in [5.41, 5.74) is 7.07. The highest BCUT2D eigenvalue weighted by molar-refractivity contribution is 7.09. The Labute approximate surface area is 108 Å². The monoisotopic (exact) mass is 261 g/mol. The van der Waals surface area contributed by atoms with Gasteiger partial charge in [0.2, 0.25) is 0 Å². The molecule has 0 bridgehead atoms. The fourth-order valence-corrected chi connectivity index (χ4v) is 2.46. The largest absolute Gasteiger partial charge is 0.482 e. The van der Waals surface area contributed by atoms with Gasteiger partial charge in [0, 0.05) is 17.3 Å². The maximum absolute atomic E-state index is 11.9. The van der Waals surface area contributed by atoms with E-state index in [1.165, 1.54) is 11.3 Å². The van der Waals surface area contributed by atoms with Crippen LogP contribution in [0.4, 0.5) is 11.4 Å². The minimum absolute atomic E-state index is 0.0578. The molecule has 2 heterocycles. The van der Waals surface area contributed by atoms with Crippen LogP contribution in [-0.2, 0) is 11.3 Å². The molecule has 1 amide bonds. The summed E-state index contributed by atoms with van der Waals surface area (Å²) in [5.74, 6) is 0.601. The Morgan fingerprint density at radius 1 is 1.50 bits per heavy atom. The Kier molecular flexibility index (Phi) is 2.64. The van der Waals surface area contributed by atoms with Gasteiger partial charge in [0.15, 0.2) is 6.61 Å². The van der Waals surface area contributed by atoms with Crippen molar-refractivity contribution >= 4 is 28.6 Å². The van der Waals surface area contributed by atoms with Gasteiger partial charge in [-0.05, 0) is 18.2 Å². The maximum atomic E-state index is 11.9. The lowest BCUT2D eigenvalue weighted by Gasteiger charge is -2.28. The average Bonchev–Trinajstić information content (AvgIpc) is 2.86. The molecule has 0 saturated carbocycles. The molecule has 0 atom stereocenters. The normalized spacial score (nSPS) is 14.2. The lowest BCUT2D eigenvalue weighted by molar-refractivity contribution is -0.121. The van der Waals surface area contributed by atoms with Crippen molar-refractivity contribution in [3.63, 3.8) is 0 Å². The number of hydrogen-bond acceptors (Lipinski definition) is 5. The topological polar surface area (TPSA) is 68.5 Å². The Balaban J connectivity index is 1.98. The highest BCUT2D eigenvalue weighted by atomic mass is 32.1. The molecule has 0 radical (unpaired) electrons. The van der Waals surface area contributed by atoms with E-state index in [0.29, 0.717) is 23.7 Å². The second-order valence-electron chi connectivity index (χ2n) is 3.92. The number of anilines is 2. The van der Waals surface area contributed by atoms with Gasteiger partial charge in [-0.2, -0.15) is 0 Å². The molecule has 18 heavy (non-hydrogen) atoms. The predicted molar refractivity (Wildman–Crippen MR) is 69.7 cm³/mol. The quantitative estimate of drug-likeness (QED) is 0.835. The zero-order valence-corrected chi connectivity index (χ0v) is 10.3. The number of benzene rings is 1. The van der Waals surface area contributed by atoms with Crippen LogP contribution in [0.25, 0.3) is 0 Å². The highest BCUT2D eigenvalue weighted by Gasteiger charge is 2.26. The summed E-state index contributed by atoms with van der Waals surface area (Å²) in [7, 11) is 0. The van der Waals surface area contributed by atoms with Gasteiger partial charge in [0.1, 0.15) is 10.8 Å². The van der Waals surface area contributed by atoms with Crippen molar-refractivity contribution in [3.8, 4) is 5.75 Å². The SMILES string of the molecule is Nc1ccc2c(c1)N(Cc1nccs1)C(=O)CO2. The number of aromatic nitrogens is 1. The van der Waals surface area contributed by atoms with Gasteiger partial charge in [0.25, 0.3) is 5.91 Å². The standard InChI is InChI=1S/C12H11N3O2S/c13-8-1-2-10-9(5-8)15(12(16)7-17-10)6-11-14-3-4-18-11/h1-5H,6-7,13H2. The molecule has 5 nitrogen and oxygen atoms in total. The first-order valence-corrected chi connectivity index (χ1v) is 6.33. The second kappa shape index (κ2) is 4.30. The van der Waals surface area contributed by atoms with Crippen LogP contribution < -0.4 is 15.4 Å². The lowest BCUT2D eigenvalue weighted by Crippen LogP contribution is -2.38. The molecule has 0 spiro atoms. The molecular formula is C12H11N3O2S. The van der Waals surface area contributed by atoms with Crippen molar-refractivity contribution in [3.05, 3.63) is 34.8 Å². The second-order valence-corrected chi connectivity index (χ2v) is 4.90. The predicted octanol–water partition coefficient (Wildman–Crippen LogP) is 1.65. The van der Waals surface area contributed by atoms with Crippen LogP contribution in [0, 0.1) is 0 Å². The molecule has 0 unspecified atom stereocenters. The summed E-state index contributed by atoms with van der Waals surface area (Å²) in [5, 5.41) is 2.78. The number of nitrogen functional groups attached to an aromatic ring is 1. The van der Waals surface area contributed by atoms with E-state index in [4.69, 9.17) is 10.5 Å². The van der Waals surface area contributed by atoms with Crippen LogP contribution >= 0.6 is 11.3 Å². The summed E-state index contributed by atoms with van der Waals surface area (Å²) in [4.78, 5) is 17.8. The molecule has 6 heteroatoms. The zero-order valence-electron chi connectivity index (χ0n) is 9.50. The molecule has 92 valence electrons. The Morgan fingerprint density at radius 3 is 3.17 bits per heavy atom. The average molecular weight is 261 g/mol. The zero-order chi connectivity index (χ0) is 12.5. The molecule has 0 fully saturated rings. The summed E-state index contributed by atoms with van der Waals surface area (Å²) in [6, 6.07) is 5.29. The Morgan fingerprint density at radius 2 is 2.39 bits per heavy atom. The van der Waals surface area contributed by atoms with E-state index >= 15 is 0 Å². The van der Waals surface area contributed by atoms with Crippen molar-refractivity contribution in [2.45, 2.75) is 6.54 Å². The van der Waals surface area contributed by atoms with E-state index in [0.717, 1.165) is 5.01 Å². The number of thiazole rings is 1. The van der Waals surface area contributed by atoms with Crippen molar-refractivity contribution in [1.29, 1.82) is 0 Å². The molecule has 0 saturated heterocycles. The summed E-state index contributed by atoms with van der Waals surface area (Å²) >= 11 is 1.52. The van der Waals surface area contributed by atoms with E-state index < -0.39 is 0 Å². The minimum atomic E-state index is -0.0803. The van der Waals surface area contributed by atoms with Crippen LogP contribution in [0.2, 0.25) is 0 Å². The number of nitrogens with zero attached hydrogens (tertiary/aromatic N) is 2. The number of carbonyl (C=O) groups excluding carboxylic acids is 1. The number of hydrogen-bond donors (Lipinski definition) is 1. The van der Waals surface area contributed by atoms with Gasteiger partial charge in [-0.15, -0.1) is 11.3 Å². The van der Waals surface area contributed by atoms with Gasteiger partial charge in [-0.3, -0.25) is 9.69 Å². The summed E-state index contributed by atoms with van der Waals surface area (Å²) < 4.78 is 5.38. The molecule has 1 aromatic carbocycles. The van der Waals surface area contributed by atoms with Crippen LogP contribution in [0.5, 0.6) is 5.75 Å². The molecule has 2 aromatic rings. The first-order valence-electron chi connectivity index (χ1n) is 5.45. The van der Waals surface area contributed by atoms with E-state index in [1.54, 1.807) is 29.3 Å². The first kappa shape index (κ1) is 11.0. The third-order valence-electron chi connectivity index (χ3n) is 2.70. The van der Waals surface area contributed by atoms with Crippen molar-refractivity contribution in [2.24, 2.45) is 0 Å². The van der Waals surface area contributed by atoms with Crippen molar-refractivity contribution < 1.29 is 9.53 Å². The molecule has 1 aliphatic rings. The number of nitrogens with two attached hydrogens (primary N) is 1. The smallest absolute Gasteiger partial charge is 0.265 e. The fourth-order valence-electron chi connectivity index (χ4n) is 1.86. The Bertz CT molecular complexity index is 583. The van der Waals surface area contributed by atoms with E-state index in [2.05, 4.69) is 4.98 Å². The Hall–Kier alpha value is -2.08. The number of amides is 1. The molecule has 1 aromatic heterocycles. The number of rotatable bonds is 2. The van der Waals surface area contributed by atoms with Crippen LogP contribution in [0.3, 0.4) is 0 Å². The number of ether oxygens (including phenoxy) is 1. The van der Waals surface area contributed by atoms with Crippen molar-refractivity contribution in [1.82, 2.24) is 4.98 Å². The molecule has 2 N–H and O–H groups in total. The van der Waals surface area contributed by atoms with Gasteiger partial charge in [-0.25, -0.2) is 4.98 Å². The van der Waals surface area contributed by atoms with Crippen LogP contribution in [0.1, 0.15) is 5.01 Å². The van der Waals surface area contributed by atoms with Gasteiger partial charge >= 0.3 is 0 Å². The van der Waals surface area contributed by atoms with Gasteiger partial charge in [-0.1, -0.05) is 0 Å². The van der Waals surface area contributed by atoms with Gasteiger partial charge in [0.05, 0.1) is 12.2 Å². The third kappa shape index (κ3) is 1.91. The van der Waals surface area contributed by atoms with Crippen molar-refractivity contribution in [2.75, 3.05) is 17.2 Å². The lowest BCUT2D eigenvalue weighted by atomic mass is 10.2. The summed E-state index contributed by atoms with van der Waals surface area (Å²) in [6.45, 7) is 0.513. The van der Waals surface area contributed by atoms with E-state index in [9.17, 15) is 4.79 Å². The highest BCUT2D eigenvalue weighted by Crippen LogP contribution is 2.34. The number of carbonyl (C=O) groups is 1. The summed E-state index contributed by atoms with van der Waals surface area (Å²) in [6.07, 6.45) is 1.73. The van der Waals surface area contributed by atoms with Crippen LogP contribution in [0.15, 0.2) is 29.8 Å². The maximum Gasteiger partial charge on any atom is 0.265 e. The third-order valence-corrected chi connectivity index (χ3v) is 3.47. The van der Waals surface area contributed by atoms with E-state index in [1.807, 2.05) is 5.38 Å². The molecule has 1 aliphatic heterocycles.